The fourth-order valence-corrected chi connectivity index (χ4v) is 1.52. The van der Waals surface area contributed by atoms with E-state index < -0.39 is 0 Å². The number of nitrogens with zero attached hydrogens (tertiary/aromatic N) is 2. The van der Waals surface area contributed by atoms with Gasteiger partial charge >= 0.3 is 0 Å². The van der Waals surface area contributed by atoms with E-state index in [1.54, 1.807) is 0 Å². The van der Waals surface area contributed by atoms with Crippen LogP contribution in [0.5, 0.6) is 0 Å². The molecule has 0 unspecified atom stereocenters. The summed E-state index contributed by atoms with van der Waals surface area (Å²) in [6, 6.07) is 13.5. The summed E-state index contributed by atoms with van der Waals surface area (Å²) in [5.41, 5.74) is 10.5. The van der Waals surface area contributed by atoms with E-state index in [0.29, 0.717) is 5.69 Å². The molecule has 2 aromatic rings. The predicted molar refractivity (Wildman–Crippen MR) is 70.9 cm³/mol. The Morgan fingerprint density at radius 3 is 2.29 bits per heavy atom. The molecule has 2 N–H and O–H groups in total. The van der Waals surface area contributed by atoms with Crippen molar-refractivity contribution in [2.45, 2.75) is 13.8 Å². The third kappa shape index (κ3) is 2.50. The Morgan fingerprint density at radius 1 is 0.882 bits per heavy atom. The molecule has 0 aliphatic carbocycles. The zero-order valence-corrected chi connectivity index (χ0v) is 10.0. The number of rotatable bonds is 2. The van der Waals surface area contributed by atoms with E-state index in [0.717, 1.165) is 16.9 Å². The highest BCUT2D eigenvalue weighted by molar-refractivity contribution is 5.68. The number of azo groups is 1. The third-order valence-corrected chi connectivity index (χ3v) is 2.79. The number of nitrogens with two attached hydrogens (primary N) is 1. The minimum atomic E-state index is 0.699. The average molecular weight is 225 g/mol. The summed E-state index contributed by atoms with van der Waals surface area (Å²) in [5, 5.41) is 8.33. The van der Waals surface area contributed by atoms with Crippen LogP contribution in [-0.4, -0.2) is 0 Å². The summed E-state index contributed by atoms with van der Waals surface area (Å²) in [5.74, 6) is 0. The lowest BCUT2D eigenvalue weighted by atomic mass is 10.1. The van der Waals surface area contributed by atoms with Crippen molar-refractivity contribution in [1.82, 2.24) is 0 Å². The third-order valence-electron chi connectivity index (χ3n) is 2.79. The first-order valence-corrected chi connectivity index (χ1v) is 5.51. The fraction of sp³-hybridized carbons (Fsp3) is 0.143. The number of hydrogen-bond acceptors (Lipinski definition) is 3. The maximum absolute atomic E-state index is 5.99. The van der Waals surface area contributed by atoms with Gasteiger partial charge in [0.15, 0.2) is 0 Å². The molecule has 2 rings (SSSR count). The zero-order chi connectivity index (χ0) is 12.3. The summed E-state index contributed by atoms with van der Waals surface area (Å²) in [6.07, 6.45) is 0. The largest absolute Gasteiger partial charge is 0.397 e. The molecule has 0 aliphatic heterocycles. The quantitative estimate of drug-likeness (QED) is 0.601. The Labute approximate surface area is 101 Å². The van der Waals surface area contributed by atoms with Gasteiger partial charge in [-0.25, -0.2) is 0 Å². The molecule has 0 heterocycles. The number of anilines is 1. The molecule has 0 radical (unpaired) electrons. The summed E-state index contributed by atoms with van der Waals surface area (Å²) in [6.45, 7) is 4.02. The van der Waals surface area contributed by atoms with E-state index in [1.807, 2.05) is 56.3 Å². The molecule has 0 saturated carbocycles. The normalized spacial score (nSPS) is 10.9. The van der Waals surface area contributed by atoms with E-state index in [1.165, 1.54) is 5.56 Å². The topological polar surface area (TPSA) is 50.7 Å². The van der Waals surface area contributed by atoms with Gasteiger partial charge in [-0.1, -0.05) is 24.3 Å². The van der Waals surface area contributed by atoms with Crippen molar-refractivity contribution < 1.29 is 0 Å². The van der Waals surface area contributed by atoms with Gasteiger partial charge in [-0.2, -0.15) is 5.11 Å². The molecule has 0 bridgehead atoms. The number of nitrogen functional groups attached to an aromatic ring is 1. The lowest BCUT2D eigenvalue weighted by molar-refractivity contribution is 1.22. The molecular formula is C14H15N3. The Hall–Kier alpha value is -2.16. The Kier molecular flexibility index (Phi) is 3.19. The van der Waals surface area contributed by atoms with Crippen molar-refractivity contribution in [3.05, 3.63) is 53.6 Å². The summed E-state index contributed by atoms with van der Waals surface area (Å²) in [4.78, 5) is 0. The molecule has 0 fully saturated rings. The first-order chi connectivity index (χ1) is 8.18. The van der Waals surface area contributed by atoms with Gasteiger partial charge in [-0.05, 0) is 43.2 Å². The van der Waals surface area contributed by atoms with Crippen LogP contribution in [0.3, 0.4) is 0 Å². The second-order valence-electron chi connectivity index (χ2n) is 3.98. The fourth-order valence-electron chi connectivity index (χ4n) is 1.52. The van der Waals surface area contributed by atoms with Gasteiger partial charge in [0.1, 0.15) is 5.69 Å². The van der Waals surface area contributed by atoms with Crippen LogP contribution in [0.2, 0.25) is 0 Å². The zero-order valence-electron chi connectivity index (χ0n) is 10.0. The standard InChI is InChI=1S/C14H15N3/c1-10-8-9-13(14(15)11(10)2)17-16-12-6-4-3-5-7-12/h3-9H,15H2,1-2H3. The van der Waals surface area contributed by atoms with Crippen LogP contribution in [0.15, 0.2) is 52.7 Å². The van der Waals surface area contributed by atoms with Crippen LogP contribution < -0.4 is 5.73 Å². The molecule has 0 aliphatic rings. The van der Waals surface area contributed by atoms with Gasteiger partial charge in [0, 0.05) is 0 Å². The maximum Gasteiger partial charge on any atom is 0.109 e. The monoisotopic (exact) mass is 225 g/mol. The van der Waals surface area contributed by atoms with E-state index in [4.69, 9.17) is 5.73 Å². The van der Waals surface area contributed by atoms with Crippen molar-refractivity contribution in [3.63, 3.8) is 0 Å². The second-order valence-corrected chi connectivity index (χ2v) is 3.98. The number of hydrogen-bond donors (Lipinski definition) is 1. The minimum Gasteiger partial charge on any atom is -0.397 e. The number of aryl methyl sites for hydroxylation is 1. The predicted octanol–water partition coefficient (Wildman–Crippen LogP) is 4.30. The van der Waals surface area contributed by atoms with E-state index >= 15 is 0 Å². The van der Waals surface area contributed by atoms with Crippen LogP contribution in [0.4, 0.5) is 17.1 Å². The molecule has 0 atom stereocenters. The minimum absolute atomic E-state index is 0.699. The van der Waals surface area contributed by atoms with Crippen molar-refractivity contribution in [2.75, 3.05) is 5.73 Å². The van der Waals surface area contributed by atoms with Crippen molar-refractivity contribution in [2.24, 2.45) is 10.2 Å². The van der Waals surface area contributed by atoms with Crippen LogP contribution in [0.1, 0.15) is 11.1 Å². The molecule has 86 valence electrons. The lowest BCUT2D eigenvalue weighted by Crippen LogP contribution is -1.92. The second kappa shape index (κ2) is 4.78. The van der Waals surface area contributed by atoms with Gasteiger partial charge in [-0.15, -0.1) is 5.11 Å². The highest BCUT2D eigenvalue weighted by Gasteiger charge is 2.03. The molecule has 0 saturated heterocycles. The van der Waals surface area contributed by atoms with Crippen molar-refractivity contribution in [1.29, 1.82) is 0 Å². The number of benzene rings is 2. The molecule has 3 nitrogen and oxygen atoms in total. The Balaban J connectivity index is 2.31. The smallest absolute Gasteiger partial charge is 0.109 e. The van der Waals surface area contributed by atoms with Crippen LogP contribution >= 0.6 is 0 Å². The van der Waals surface area contributed by atoms with Gasteiger partial charge < -0.3 is 5.73 Å². The molecule has 0 amide bonds. The molecule has 0 spiro atoms. The summed E-state index contributed by atoms with van der Waals surface area (Å²) in [7, 11) is 0. The van der Waals surface area contributed by atoms with Crippen molar-refractivity contribution in [3.8, 4) is 0 Å². The van der Waals surface area contributed by atoms with Crippen LogP contribution in [0.25, 0.3) is 0 Å². The molecule has 2 aromatic carbocycles. The van der Waals surface area contributed by atoms with Gasteiger partial charge in [0.2, 0.25) is 0 Å². The van der Waals surface area contributed by atoms with Crippen molar-refractivity contribution >= 4 is 17.1 Å². The first-order valence-electron chi connectivity index (χ1n) is 5.51. The Morgan fingerprint density at radius 2 is 1.59 bits per heavy atom. The summed E-state index contributed by atoms with van der Waals surface area (Å²) >= 11 is 0. The SMILES string of the molecule is Cc1ccc(N=Nc2ccccc2)c(N)c1C. The van der Waals surface area contributed by atoms with Gasteiger partial charge in [0.05, 0.1) is 11.4 Å². The lowest BCUT2D eigenvalue weighted by Gasteiger charge is -2.05. The first kappa shape index (κ1) is 11.3. The van der Waals surface area contributed by atoms with Gasteiger partial charge in [0.25, 0.3) is 0 Å². The van der Waals surface area contributed by atoms with Crippen LogP contribution in [0, 0.1) is 13.8 Å². The summed E-state index contributed by atoms with van der Waals surface area (Å²) < 4.78 is 0. The Bertz CT molecular complexity index is 545. The van der Waals surface area contributed by atoms with Gasteiger partial charge in [-0.3, -0.25) is 0 Å². The highest BCUT2D eigenvalue weighted by Crippen LogP contribution is 2.29. The van der Waals surface area contributed by atoms with Crippen LogP contribution in [-0.2, 0) is 0 Å². The highest BCUT2D eigenvalue weighted by atomic mass is 15.1. The molecule has 0 aromatic heterocycles. The molecule has 3 heteroatoms. The van der Waals surface area contributed by atoms with E-state index in [9.17, 15) is 0 Å². The van der Waals surface area contributed by atoms with E-state index in [2.05, 4.69) is 10.2 Å². The maximum atomic E-state index is 5.99. The van der Waals surface area contributed by atoms with E-state index in [-0.39, 0.29) is 0 Å². The average Bonchev–Trinajstić information content (AvgIpc) is 2.36. The molecular weight excluding hydrogens is 210 g/mol. The molecule has 17 heavy (non-hydrogen) atoms.